The van der Waals surface area contributed by atoms with Crippen molar-refractivity contribution in [2.75, 3.05) is 26.3 Å². The number of benzene rings is 1. The van der Waals surface area contributed by atoms with Crippen molar-refractivity contribution in [1.82, 2.24) is 10.2 Å². The molecule has 0 aliphatic carbocycles. The Kier molecular flexibility index (Phi) is 4.84. The van der Waals surface area contributed by atoms with Gasteiger partial charge in [0.05, 0.1) is 13.2 Å². The molecule has 1 saturated heterocycles. The van der Waals surface area contributed by atoms with Gasteiger partial charge in [-0.05, 0) is 12.5 Å². The number of carbonyl (C=O) groups excluding carboxylic acids is 1. The topological polar surface area (TPSA) is 41.6 Å². The van der Waals surface area contributed by atoms with E-state index in [4.69, 9.17) is 0 Å². The molecule has 1 unspecified atom stereocenters. The van der Waals surface area contributed by atoms with Crippen LogP contribution in [0, 0.1) is 6.92 Å². The molecule has 1 heterocycles. The Morgan fingerprint density at radius 3 is 2.62 bits per heavy atom. The first kappa shape index (κ1) is 15.8. The van der Waals surface area contributed by atoms with Crippen molar-refractivity contribution >= 4 is 5.91 Å². The van der Waals surface area contributed by atoms with Crippen LogP contribution in [0.3, 0.4) is 0 Å². The van der Waals surface area contributed by atoms with Crippen LogP contribution >= 0.6 is 0 Å². The largest absolute Gasteiger partial charge is 0.411 e. The van der Waals surface area contributed by atoms with Gasteiger partial charge >= 0.3 is 6.18 Å². The minimum absolute atomic E-state index is 0.125. The average molecular weight is 302 g/mol. The zero-order valence-corrected chi connectivity index (χ0v) is 11.6. The van der Waals surface area contributed by atoms with E-state index in [0.717, 1.165) is 11.1 Å². The van der Waals surface area contributed by atoms with Gasteiger partial charge in [-0.2, -0.15) is 13.2 Å². The molecule has 2 rings (SSSR count). The monoisotopic (exact) mass is 302 g/mol. The van der Waals surface area contributed by atoms with E-state index in [1.165, 1.54) is 4.90 Å². The highest BCUT2D eigenvalue weighted by Crippen LogP contribution is 2.22. The Labute approximate surface area is 120 Å². The Balaban J connectivity index is 1.93. The molecule has 21 heavy (non-hydrogen) atoms. The van der Waals surface area contributed by atoms with Crippen LogP contribution in [0.15, 0.2) is 24.3 Å². The fraction of sp³-hybridized carbons (Fsp3) is 0.500. The predicted molar refractivity (Wildman–Crippen MR) is 70.5 cm³/mol. The van der Waals surface area contributed by atoms with Gasteiger partial charge in [0.15, 0.2) is 0 Å². The third-order valence-electron chi connectivity index (χ3n) is 3.21. The average Bonchev–Trinajstić information content (AvgIpc) is 2.76. The molecule has 7 heteroatoms. The number of amides is 1. The van der Waals surface area contributed by atoms with Crippen LogP contribution in [0.4, 0.5) is 13.2 Å². The maximum atomic E-state index is 12.0. The lowest BCUT2D eigenvalue weighted by Gasteiger charge is -2.24. The number of alkyl halides is 3. The second-order valence-electron chi connectivity index (χ2n) is 4.95. The molecule has 0 radical (unpaired) electrons. The number of nitrogens with zero attached hydrogens (tertiary/aromatic N) is 1. The molecule has 1 fully saturated rings. The highest BCUT2D eigenvalue weighted by atomic mass is 19.4. The van der Waals surface area contributed by atoms with Crippen LogP contribution in [0.5, 0.6) is 0 Å². The Morgan fingerprint density at radius 1 is 1.33 bits per heavy atom. The number of hydrogen-bond donors (Lipinski definition) is 1. The normalized spacial score (nSPS) is 19.3. The van der Waals surface area contributed by atoms with Gasteiger partial charge < -0.3 is 9.64 Å². The SMILES string of the molecule is Cc1ccc(C2NCC(=O)N2CCOCC(F)(F)F)cc1. The second kappa shape index (κ2) is 6.44. The number of aryl methyl sites for hydroxylation is 1. The van der Waals surface area contributed by atoms with E-state index in [9.17, 15) is 18.0 Å². The minimum Gasteiger partial charge on any atom is -0.370 e. The summed E-state index contributed by atoms with van der Waals surface area (Å²) in [5, 5.41) is 3.05. The van der Waals surface area contributed by atoms with Crippen LogP contribution in [0.1, 0.15) is 17.3 Å². The van der Waals surface area contributed by atoms with Crippen molar-refractivity contribution in [1.29, 1.82) is 0 Å². The van der Waals surface area contributed by atoms with Gasteiger partial charge in [0, 0.05) is 6.54 Å². The van der Waals surface area contributed by atoms with Crippen LogP contribution in [0.25, 0.3) is 0 Å². The van der Waals surface area contributed by atoms with Crippen molar-refractivity contribution in [3.8, 4) is 0 Å². The molecule has 116 valence electrons. The molecule has 0 aromatic heterocycles. The molecule has 0 saturated carbocycles. The second-order valence-corrected chi connectivity index (χ2v) is 4.95. The van der Waals surface area contributed by atoms with Gasteiger partial charge in [-0.1, -0.05) is 29.8 Å². The van der Waals surface area contributed by atoms with Gasteiger partial charge in [0.25, 0.3) is 0 Å². The van der Waals surface area contributed by atoms with E-state index >= 15 is 0 Å². The van der Waals surface area contributed by atoms with Crippen molar-refractivity contribution in [2.24, 2.45) is 0 Å². The van der Waals surface area contributed by atoms with E-state index < -0.39 is 12.8 Å². The zero-order chi connectivity index (χ0) is 15.5. The molecular weight excluding hydrogens is 285 g/mol. The third kappa shape index (κ3) is 4.44. The van der Waals surface area contributed by atoms with Crippen molar-refractivity contribution < 1.29 is 22.7 Å². The van der Waals surface area contributed by atoms with E-state index in [2.05, 4.69) is 10.1 Å². The third-order valence-corrected chi connectivity index (χ3v) is 3.21. The Morgan fingerprint density at radius 2 is 2.00 bits per heavy atom. The lowest BCUT2D eigenvalue weighted by molar-refractivity contribution is -0.175. The smallest absolute Gasteiger partial charge is 0.370 e. The number of hydrogen-bond acceptors (Lipinski definition) is 3. The highest BCUT2D eigenvalue weighted by Gasteiger charge is 2.32. The van der Waals surface area contributed by atoms with Crippen molar-refractivity contribution in [2.45, 2.75) is 19.3 Å². The summed E-state index contributed by atoms with van der Waals surface area (Å²) < 4.78 is 40.5. The molecule has 1 aliphatic heterocycles. The molecule has 1 amide bonds. The van der Waals surface area contributed by atoms with Gasteiger partial charge in [0.2, 0.25) is 5.91 Å². The summed E-state index contributed by atoms with van der Waals surface area (Å²) in [6.07, 6.45) is -4.66. The lowest BCUT2D eigenvalue weighted by Crippen LogP contribution is -2.34. The molecule has 1 aromatic carbocycles. The van der Waals surface area contributed by atoms with E-state index in [1.54, 1.807) is 0 Å². The van der Waals surface area contributed by atoms with E-state index in [1.807, 2.05) is 31.2 Å². The Bertz CT molecular complexity index is 488. The number of halogens is 3. The quantitative estimate of drug-likeness (QED) is 0.846. The standard InChI is InChI=1S/C14H17F3N2O2/c1-10-2-4-11(5-3-10)13-18-8-12(20)19(13)6-7-21-9-14(15,16)17/h2-5,13,18H,6-9H2,1H3. The molecule has 1 aliphatic rings. The van der Waals surface area contributed by atoms with Gasteiger partial charge in [-0.15, -0.1) is 0 Å². The molecule has 1 N–H and O–H groups in total. The molecule has 4 nitrogen and oxygen atoms in total. The first-order valence-electron chi connectivity index (χ1n) is 6.61. The van der Waals surface area contributed by atoms with E-state index in [0.29, 0.717) is 0 Å². The summed E-state index contributed by atoms with van der Waals surface area (Å²) >= 11 is 0. The summed E-state index contributed by atoms with van der Waals surface area (Å²) in [5.74, 6) is -0.142. The molecule has 1 aromatic rings. The first-order chi connectivity index (χ1) is 9.87. The number of rotatable bonds is 5. The van der Waals surface area contributed by atoms with Gasteiger partial charge in [-0.25, -0.2) is 0 Å². The summed E-state index contributed by atoms with van der Waals surface area (Å²) in [5.41, 5.74) is 2.01. The number of ether oxygens (including phenoxy) is 1. The predicted octanol–water partition coefficient (Wildman–Crippen LogP) is 2.00. The maximum Gasteiger partial charge on any atom is 0.411 e. The summed E-state index contributed by atoms with van der Waals surface area (Å²) in [6, 6.07) is 7.65. The molecular formula is C14H17F3N2O2. The van der Waals surface area contributed by atoms with E-state index in [-0.39, 0.29) is 31.8 Å². The van der Waals surface area contributed by atoms with Gasteiger partial charge in [-0.3, -0.25) is 10.1 Å². The van der Waals surface area contributed by atoms with Crippen molar-refractivity contribution in [3.63, 3.8) is 0 Å². The fourth-order valence-electron chi connectivity index (χ4n) is 2.19. The molecule has 0 spiro atoms. The Hall–Kier alpha value is -1.60. The fourth-order valence-corrected chi connectivity index (χ4v) is 2.19. The number of nitrogens with one attached hydrogen (secondary N) is 1. The minimum atomic E-state index is -4.34. The maximum absolute atomic E-state index is 12.0. The van der Waals surface area contributed by atoms with Crippen LogP contribution in [0.2, 0.25) is 0 Å². The molecule has 0 bridgehead atoms. The summed E-state index contributed by atoms with van der Waals surface area (Å²) in [7, 11) is 0. The van der Waals surface area contributed by atoms with Gasteiger partial charge in [0.1, 0.15) is 12.8 Å². The summed E-state index contributed by atoms with van der Waals surface area (Å²) in [6.45, 7) is 0.824. The highest BCUT2D eigenvalue weighted by molar-refractivity contribution is 5.80. The van der Waals surface area contributed by atoms with Crippen LogP contribution in [-0.4, -0.2) is 43.3 Å². The summed E-state index contributed by atoms with van der Waals surface area (Å²) in [4.78, 5) is 13.3. The molecule has 1 atom stereocenters. The van der Waals surface area contributed by atoms with Crippen LogP contribution < -0.4 is 5.32 Å². The first-order valence-corrected chi connectivity index (χ1v) is 6.61. The van der Waals surface area contributed by atoms with Crippen molar-refractivity contribution in [3.05, 3.63) is 35.4 Å². The van der Waals surface area contributed by atoms with Crippen LogP contribution in [-0.2, 0) is 9.53 Å². The zero-order valence-electron chi connectivity index (χ0n) is 11.6. The number of carbonyl (C=O) groups is 1. The lowest BCUT2D eigenvalue weighted by atomic mass is 10.1.